The molecule has 4 rings (SSSR count). The number of H-pyrrole nitrogens is 1. The van der Waals surface area contributed by atoms with E-state index in [1.54, 1.807) is 0 Å². The molecule has 1 aromatic heterocycles. The molecule has 0 saturated carbocycles. The minimum atomic E-state index is 0.908. The third-order valence-corrected chi connectivity index (χ3v) is 3.70. The van der Waals surface area contributed by atoms with Gasteiger partial charge in [0, 0.05) is 46.9 Å². The summed E-state index contributed by atoms with van der Waals surface area (Å²) in [6, 6.07) is 15.1. The van der Waals surface area contributed by atoms with Crippen LogP contribution in [0, 0.1) is 0 Å². The molecule has 3 aromatic rings. The van der Waals surface area contributed by atoms with Gasteiger partial charge in [-0.15, -0.1) is 0 Å². The number of aromatic amines is 1. The largest absolute Gasteiger partial charge is 0.361 e. The molecule has 3 nitrogen and oxygen atoms in total. The lowest BCUT2D eigenvalue weighted by molar-refractivity contribution is 0.496. The molecule has 0 saturated heterocycles. The molecule has 1 aliphatic rings. The first-order valence-corrected chi connectivity index (χ1v) is 6.47. The number of hydrogen-bond donors (Lipinski definition) is 1. The maximum absolute atomic E-state index is 3.49. The van der Waals surface area contributed by atoms with Crippen LogP contribution in [-0.4, -0.2) is 23.6 Å². The molecule has 3 heteroatoms. The molecule has 0 bridgehead atoms. The predicted octanol–water partition coefficient (Wildman–Crippen LogP) is 3.50. The van der Waals surface area contributed by atoms with Crippen molar-refractivity contribution in [2.24, 2.45) is 0 Å². The highest BCUT2D eigenvalue weighted by Crippen LogP contribution is 2.29. The Kier molecular flexibility index (Phi) is 2.09. The highest BCUT2D eigenvalue weighted by Gasteiger charge is 2.12. The molecule has 1 N–H and O–H groups in total. The number of rotatable bonds is 1. The second-order valence-corrected chi connectivity index (χ2v) is 5.07. The van der Waals surface area contributed by atoms with Crippen molar-refractivity contribution in [2.75, 3.05) is 18.6 Å². The number of fused-ring (bicyclic) bond motifs is 3. The highest BCUT2D eigenvalue weighted by molar-refractivity contribution is 6.07. The minimum Gasteiger partial charge on any atom is -0.361 e. The van der Waals surface area contributed by atoms with E-state index in [4.69, 9.17) is 0 Å². The van der Waals surface area contributed by atoms with Crippen molar-refractivity contribution in [1.82, 2.24) is 9.88 Å². The normalized spacial score (nSPS) is 15.0. The first-order valence-electron chi connectivity index (χ1n) is 6.47. The van der Waals surface area contributed by atoms with Crippen molar-refractivity contribution in [3.8, 4) is 0 Å². The van der Waals surface area contributed by atoms with Crippen LogP contribution >= 0.6 is 0 Å². The van der Waals surface area contributed by atoms with Crippen molar-refractivity contribution < 1.29 is 0 Å². The lowest BCUT2D eigenvalue weighted by atomic mass is 10.1. The zero-order valence-corrected chi connectivity index (χ0v) is 10.8. The van der Waals surface area contributed by atoms with E-state index in [0.717, 1.165) is 6.67 Å². The van der Waals surface area contributed by atoms with Crippen LogP contribution in [0.3, 0.4) is 0 Å². The lowest BCUT2D eigenvalue weighted by Gasteiger charge is -2.18. The number of anilines is 1. The van der Waals surface area contributed by atoms with Gasteiger partial charge in [0.1, 0.15) is 0 Å². The summed E-state index contributed by atoms with van der Waals surface area (Å²) in [7, 11) is 2.08. The fraction of sp³-hybridized carbons (Fsp3) is 0.125. The fourth-order valence-electron chi connectivity index (χ4n) is 2.72. The van der Waals surface area contributed by atoms with Crippen LogP contribution in [0.4, 0.5) is 5.69 Å². The first kappa shape index (κ1) is 10.5. The monoisotopic (exact) mass is 249 g/mol. The van der Waals surface area contributed by atoms with Gasteiger partial charge in [0.05, 0.1) is 6.67 Å². The van der Waals surface area contributed by atoms with Crippen LogP contribution in [0.25, 0.3) is 21.8 Å². The molecular weight excluding hydrogens is 234 g/mol. The fourth-order valence-corrected chi connectivity index (χ4v) is 2.72. The van der Waals surface area contributed by atoms with Crippen molar-refractivity contribution in [3.63, 3.8) is 0 Å². The van der Waals surface area contributed by atoms with Crippen molar-refractivity contribution in [1.29, 1.82) is 0 Å². The Labute approximate surface area is 111 Å². The van der Waals surface area contributed by atoms with Gasteiger partial charge in [-0.2, -0.15) is 0 Å². The zero-order chi connectivity index (χ0) is 12.8. The minimum absolute atomic E-state index is 0.908. The summed E-state index contributed by atoms with van der Waals surface area (Å²) in [5, 5.41) is 2.58. The molecule has 0 fully saturated rings. The van der Waals surface area contributed by atoms with Gasteiger partial charge in [-0.05, 0) is 18.2 Å². The summed E-state index contributed by atoms with van der Waals surface area (Å²) in [6.45, 7) is 0.908. The van der Waals surface area contributed by atoms with Crippen LogP contribution in [0.2, 0.25) is 0 Å². The Balaban J connectivity index is 1.87. The topological polar surface area (TPSA) is 22.3 Å². The number of benzene rings is 2. The Morgan fingerprint density at radius 3 is 2.63 bits per heavy atom. The molecule has 0 aliphatic carbocycles. The first-order chi connectivity index (χ1) is 9.31. The van der Waals surface area contributed by atoms with E-state index in [1.807, 2.05) is 0 Å². The molecule has 0 amide bonds. The molecule has 0 atom stereocenters. The van der Waals surface area contributed by atoms with Gasteiger partial charge >= 0.3 is 0 Å². The molecule has 1 aliphatic heterocycles. The van der Waals surface area contributed by atoms with E-state index in [9.17, 15) is 0 Å². The Morgan fingerprint density at radius 1 is 0.947 bits per heavy atom. The van der Waals surface area contributed by atoms with E-state index in [1.165, 1.54) is 27.5 Å². The van der Waals surface area contributed by atoms with E-state index in [-0.39, 0.29) is 0 Å². The van der Waals surface area contributed by atoms with E-state index in [2.05, 4.69) is 76.7 Å². The number of hydrogen-bond acceptors (Lipinski definition) is 2. The highest BCUT2D eigenvalue weighted by atomic mass is 15.3. The number of para-hydroxylation sites is 1. The molecule has 0 radical (unpaired) electrons. The van der Waals surface area contributed by atoms with E-state index >= 15 is 0 Å². The van der Waals surface area contributed by atoms with Gasteiger partial charge in [0.25, 0.3) is 0 Å². The van der Waals surface area contributed by atoms with Crippen molar-refractivity contribution in [3.05, 3.63) is 54.9 Å². The van der Waals surface area contributed by atoms with E-state index in [0.29, 0.717) is 0 Å². The maximum Gasteiger partial charge on any atom is 0.0938 e. The van der Waals surface area contributed by atoms with Crippen LogP contribution in [0.1, 0.15) is 0 Å². The number of nitrogens with zero attached hydrogens (tertiary/aromatic N) is 2. The predicted molar refractivity (Wildman–Crippen MR) is 80.1 cm³/mol. The van der Waals surface area contributed by atoms with Crippen LogP contribution in [0.5, 0.6) is 0 Å². The van der Waals surface area contributed by atoms with Gasteiger partial charge < -0.3 is 14.8 Å². The summed E-state index contributed by atoms with van der Waals surface area (Å²) in [6.07, 6.45) is 4.21. The molecule has 2 aromatic carbocycles. The average Bonchev–Trinajstić information content (AvgIpc) is 3.01. The van der Waals surface area contributed by atoms with E-state index < -0.39 is 0 Å². The standard InChI is InChI=1S/C16H15N3/c1-18-8-9-19(11-18)12-6-7-14-13-4-2-3-5-15(13)17-16(14)10-12/h2-10,17H,11H2,1H3. The number of aromatic nitrogens is 1. The molecule has 0 unspecified atom stereocenters. The quantitative estimate of drug-likeness (QED) is 0.713. The van der Waals surface area contributed by atoms with Gasteiger partial charge in [-0.3, -0.25) is 0 Å². The van der Waals surface area contributed by atoms with Gasteiger partial charge in [0.2, 0.25) is 0 Å². The van der Waals surface area contributed by atoms with Crippen molar-refractivity contribution >= 4 is 27.5 Å². The molecular formula is C16H15N3. The van der Waals surface area contributed by atoms with Gasteiger partial charge in [-0.25, -0.2) is 0 Å². The smallest absolute Gasteiger partial charge is 0.0938 e. The zero-order valence-electron chi connectivity index (χ0n) is 10.8. The lowest BCUT2D eigenvalue weighted by Crippen LogP contribution is -2.21. The molecule has 2 heterocycles. The van der Waals surface area contributed by atoms with Crippen LogP contribution in [0.15, 0.2) is 54.9 Å². The second kappa shape index (κ2) is 3.79. The molecule has 94 valence electrons. The molecule has 19 heavy (non-hydrogen) atoms. The summed E-state index contributed by atoms with van der Waals surface area (Å²) in [5.41, 5.74) is 3.62. The third-order valence-electron chi connectivity index (χ3n) is 3.70. The summed E-state index contributed by atoms with van der Waals surface area (Å²) >= 11 is 0. The Hall–Kier alpha value is -2.42. The number of nitrogens with one attached hydrogen (secondary N) is 1. The summed E-state index contributed by atoms with van der Waals surface area (Å²) in [5.74, 6) is 0. The average molecular weight is 249 g/mol. The Morgan fingerprint density at radius 2 is 1.79 bits per heavy atom. The van der Waals surface area contributed by atoms with Gasteiger partial charge in [0.15, 0.2) is 0 Å². The summed E-state index contributed by atoms with van der Waals surface area (Å²) in [4.78, 5) is 7.89. The van der Waals surface area contributed by atoms with Crippen LogP contribution < -0.4 is 4.90 Å². The SMILES string of the molecule is CN1C=CN(c2ccc3c(c2)[nH]c2ccccc23)C1. The molecule has 0 spiro atoms. The summed E-state index contributed by atoms with van der Waals surface area (Å²) < 4.78 is 0. The Bertz CT molecular complexity index is 785. The third kappa shape index (κ3) is 1.58. The van der Waals surface area contributed by atoms with Crippen molar-refractivity contribution in [2.45, 2.75) is 0 Å². The van der Waals surface area contributed by atoms with Crippen LogP contribution in [-0.2, 0) is 0 Å². The second-order valence-electron chi connectivity index (χ2n) is 5.07. The maximum atomic E-state index is 3.49. The van der Waals surface area contributed by atoms with Gasteiger partial charge in [-0.1, -0.05) is 24.3 Å².